The van der Waals surface area contributed by atoms with Crippen molar-refractivity contribution < 1.29 is 29.3 Å². The molecule has 3 N–H and O–H groups in total. The Morgan fingerprint density at radius 2 is 1.79 bits per heavy atom. The zero-order chi connectivity index (χ0) is 20.8. The molecule has 0 unspecified atom stereocenters. The van der Waals surface area contributed by atoms with Gasteiger partial charge in [0.05, 0.1) is 5.69 Å². The van der Waals surface area contributed by atoms with Gasteiger partial charge >= 0.3 is 11.9 Å². The topological polar surface area (TPSA) is 116 Å². The molecule has 0 bridgehead atoms. The van der Waals surface area contributed by atoms with Gasteiger partial charge in [-0.2, -0.15) is 0 Å². The van der Waals surface area contributed by atoms with Gasteiger partial charge in [-0.3, -0.25) is 24.6 Å². The van der Waals surface area contributed by atoms with Crippen LogP contribution in [0.2, 0.25) is 0 Å². The molecule has 8 heteroatoms. The zero-order valence-electron chi connectivity index (χ0n) is 15.7. The zero-order valence-corrected chi connectivity index (χ0v) is 15.7. The van der Waals surface area contributed by atoms with Crippen LogP contribution in [-0.2, 0) is 20.8 Å². The molecular weight excluding hydrogens is 376 g/mol. The number of nitrogens with one attached hydrogen (secondary N) is 1. The molecule has 8 nitrogen and oxygen atoms in total. The Bertz CT molecular complexity index is 886. The number of aryl methyl sites for hydroxylation is 1. The predicted molar refractivity (Wildman–Crippen MR) is 105 cm³/mol. The first kappa shape index (κ1) is 20.3. The largest absolute Gasteiger partial charge is 0.489 e. The summed E-state index contributed by atoms with van der Waals surface area (Å²) in [6.45, 7) is -0.639. The number of hydrogen-bond donors (Lipinski definition) is 3. The minimum atomic E-state index is -1.17. The number of para-hydroxylation sites is 2. The molecule has 3 rings (SSSR count). The number of carbonyl (C=O) groups is 3. The SMILES string of the molecule is O=C(O)CN1C(=O)[C@@H](N[C@H](CCc2ccccc2)C(=O)O)COc2ccccc21. The van der Waals surface area contributed by atoms with E-state index in [0.29, 0.717) is 17.9 Å². The van der Waals surface area contributed by atoms with E-state index >= 15 is 0 Å². The van der Waals surface area contributed by atoms with E-state index in [1.807, 2.05) is 30.3 Å². The predicted octanol–water partition coefficient (Wildman–Crippen LogP) is 1.54. The lowest BCUT2D eigenvalue weighted by Crippen LogP contribution is -2.54. The summed E-state index contributed by atoms with van der Waals surface area (Å²) in [5, 5.41) is 21.7. The van der Waals surface area contributed by atoms with Crippen LogP contribution >= 0.6 is 0 Å². The molecule has 0 fully saturated rings. The third-order valence-corrected chi connectivity index (χ3v) is 4.68. The third kappa shape index (κ3) is 5.11. The molecule has 29 heavy (non-hydrogen) atoms. The minimum Gasteiger partial charge on any atom is -0.489 e. The summed E-state index contributed by atoms with van der Waals surface area (Å²) in [5.74, 6) is -2.42. The van der Waals surface area contributed by atoms with E-state index in [-0.39, 0.29) is 13.0 Å². The highest BCUT2D eigenvalue weighted by Gasteiger charge is 2.35. The molecule has 1 heterocycles. The van der Waals surface area contributed by atoms with E-state index < -0.39 is 36.5 Å². The number of rotatable bonds is 8. The highest BCUT2D eigenvalue weighted by Crippen LogP contribution is 2.31. The normalized spacial score (nSPS) is 17.0. The summed E-state index contributed by atoms with van der Waals surface area (Å²) in [5.41, 5.74) is 1.34. The number of benzene rings is 2. The Balaban J connectivity index is 1.77. The molecule has 152 valence electrons. The summed E-state index contributed by atoms with van der Waals surface area (Å²) in [6.07, 6.45) is 0.792. The third-order valence-electron chi connectivity index (χ3n) is 4.68. The lowest BCUT2D eigenvalue weighted by molar-refractivity contribution is -0.140. The Morgan fingerprint density at radius 1 is 1.10 bits per heavy atom. The van der Waals surface area contributed by atoms with Gasteiger partial charge in [0.15, 0.2) is 0 Å². The number of fused-ring (bicyclic) bond motifs is 1. The molecule has 2 aromatic carbocycles. The summed E-state index contributed by atoms with van der Waals surface area (Å²) < 4.78 is 5.68. The first-order valence-electron chi connectivity index (χ1n) is 9.23. The summed E-state index contributed by atoms with van der Waals surface area (Å²) in [6, 6.07) is 14.1. The van der Waals surface area contributed by atoms with Crippen LogP contribution in [0.25, 0.3) is 0 Å². The van der Waals surface area contributed by atoms with Gasteiger partial charge in [-0.25, -0.2) is 0 Å². The number of amides is 1. The van der Waals surface area contributed by atoms with Crippen molar-refractivity contribution in [1.82, 2.24) is 5.32 Å². The highest BCUT2D eigenvalue weighted by atomic mass is 16.5. The summed E-state index contributed by atoms with van der Waals surface area (Å²) >= 11 is 0. The summed E-state index contributed by atoms with van der Waals surface area (Å²) in [4.78, 5) is 37.1. The van der Waals surface area contributed by atoms with E-state index in [0.717, 1.165) is 10.5 Å². The second-order valence-electron chi connectivity index (χ2n) is 6.73. The second kappa shape index (κ2) is 9.20. The Morgan fingerprint density at radius 3 is 2.48 bits per heavy atom. The number of nitrogens with zero attached hydrogens (tertiary/aromatic N) is 1. The van der Waals surface area contributed by atoms with Gasteiger partial charge in [0.25, 0.3) is 0 Å². The van der Waals surface area contributed by atoms with Gasteiger partial charge in [-0.15, -0.1) is 0 Å². The quantitative estimate of drug-likeness (QED) is 0.618. The number of carbonyl (C=O) groups excluding carboxylic acids is 1. The van der Waals surface area contributed by atoms with Crippen molar-refractivity contribution in [3.8, 4) is 5.75 Å². The minimum absolute atomic E-state index is 0.0961. The molecule has 0 saturated carbocycles. The Kier molecular flexibility index (Phi) is 6.46. The maximum absolute atomic E-state index is 13.0. The monoisotopic (exact) mass is 398 g/mol. The van der Waals surface area contributed by atoms with Crippen LogP contribution < -0.4 is 15.0 Å². The standard InChI is InChI=1S/C21H22N2O6/c24-19(25)12-23-17-8-4-5-9-18(17)29-13-16(20(23)26)22-15(21(27)28)11-10-14-6-2-1-3-7-14/h1-9,15-16,22H,10-13H2,(H,24,25)(H,27,28)/t15-,16+/m1/s1. The van der Waals surface area contributed by atoms with E-state index in [9.17, 15) is 24.6 Å². The summed E-state index contributed by atoms with van der Waals surface area (Å²) in [7, 11) is 0. The molecule has 0 aliphatic carbocycles. The lowest BCUT2D eigenvalue weighted by Gasteiger charge is -2.25. The van der Waals surface area contributed by atoms with Crippen LogP contribution in [0.1, 0.15) is 12.0 Å². The maximum Gasteiger partial charge on any atom is 0.323 e. The molecular formula is C21H22N2O6. The van der Waals surface area contributed by atoms with Crippen LogP contribution in [0.5, 0.6) is 5.75 Å². The first-order chi connectivity index (χ1) is 14.0. The van der Waals surface area contributed by atoms with E-state index in [4.69, 9.17) is 4.74 Å². The van der Waals surface area contributed by atoms with Crippen molar-refractivity contribution in [2.45, 2.75) is 24.9 Å². The molecule has 2 aromatic rings. The average Bonchev–Trinajstić information content (AvgIpc) is 2.83. The van der Waals surface area contributed by atoms with Crippen molar-refractivity contribution in [2.24, 2.45) is 0 Å². The number of ether oxygens (including phenoxy) is 1. The average molecular weight is 398 g/mol. The van der Waals surface area contributed by atoms with Crippen molar-refractivity contribution in [1.29, 1.82) is 0 Å². The smallest absolute Gasteiger partial charge is 0.323 e. The fourth-order valence-corrected chi connectivity index (χ4v) is 3.25. The molecule has 1 aliphatic rings. The number of hydrogen-bond acceptors (Lipinski definition) is 5. The molecule has 1 amide bonds. The van der Waals surface area contributed by atoms with Crippen LogP contribution in [0.3, 0.4) is 0 Å². The molecule has 0 saturated heterocycles. The Labute approximate surface area is 167 Å². The van der Waals surface area contributed by atoms with Crippen LogP contribution in [0.4, 0.5) is 5.69 Å². The fourth-order valence-electron chi connectivity index (χ4n) is 3.25. The fraction of sp³-hybridized carbons (Fsp3) is 0.286. The number of aliphatic carboxylic acids is 2. The molecule has 0 radical (unpaired) electrons. The van der Waals surface area contributed by atoms with E-state index in [2.05, 4.69) is 5.32 Å². The van der Waals surface area contributed by atoms with Gasteiger partial charge in [0.2, 0.25) is 5.91 Å². The first-order valence-corrected chi connectivity index (χ1v) is 9.23. The second-order valence-corrected chi connectivity index (χ2v) is 6.73. The maximum atomic E-state index is 13.0. The highest BCUT2D eigenvalue weighted by molar-refractivity contribution is 6.02. The molecule has 1 aliphatic heterocycles. The van der Waals surface area contributed by atoms with Gasteiger partial charge in [-0.05, 0) is 30.5 Å². The lowest BCUT2D eigenvalue weighted by atomic mass is 10.0. The van der Waals surface area contributed by atoms with Gasteiger partial charge in [0.1, 0.15) is 31.0 Å². The molecule has 0 spiro atoms. The van der Waals surface area contributed by atoms with Crippen molar-refractivity contribution in [3.05, 3.63) is 60.2 Å². The molecule has 0 aromatic heterocycles. The Hall–Kier alpha value is -3.39. The molecule has 2 atom stereocenters. The van der Waals surface area contributed by atoms with Crippen LogP contribution in [-0.4, -0.2) is 53.3 Å². The van der Waals surface area contributed by atoms with Crippen molar-refractivity contribution in [2.75, 3.05) is 18.1 Å². The van der Waals surface area contributed by atoms with Gasteiger partial charge < -0.3 is 14.9 Å². The van der Waals surface area contributed by atoms with E-state index in [1.165, 1.54) is 0 Å². The number of carboxylic acids is 2. The van der Waals surface area contributed by atoms with Crippen LogP contribution in [0.15, 0.2) is 54.6 Å². The van der Waals surface area contributed by atoms with Gasteiger partial charge in [0, 0.05) is 0 Å². The van der Waals surface area contributed by atoms with Gasteiger partial charge in [-0.1, -0.05) is 42.5 Å². The van der Waals surface area contributed by atoms with Crippen molar-refractivity contribution in [3.63, 3.8) is 0 Å². The number of carboxylic acid groups (broad SMARTS) is 2. The van der Waals surface area contributed by atoms with Crippen LogP contribution in [0, 0.1) is 0 Å². The van der Waals surface area contributed by atoms with Crippen molar-refractivity contribution >= 4 is 23.5 Å². The number of anilines is 1. The van der Waals surface area contributed by atoms with E-state index in [1.54, 1.807) is 24.3 Å².